The summed E-state index contributed by atoms with van der Waals surface area (Å²) < 4.78 is 11.3. The van der Waals surface area contributed by atoms with E-state index < -0.39 is 16.7 Å². The van der Waals surface area contributed by atoms with Crippen LogP contribution in [0.5, 0.6) is 0 Å². The Morgan fingerprint density at radius 3 is 2.35 bits per heavy atom. The number of hydrogen-bond donors (Lipinski definition) is 1. The van der Waals surface area contributed by atoms with Crippen molar-refractivity contribution in [3.05, 3.63) is 63.6 Å². The molecule has 0 bridgehead atoms. The maximum absolute atomic E-state index is 12.5. The predicted octanol–water partition coefficient (Wildman–Crippen LogP) is 3.58. The van der Waals surface area contributed by atoms with Gasteiger partial charge in [-0.25, -0.2) is 0 Å². The number of nitrogens with zero attached hydrogens (tertiary/aromatic N) is 1. The molecular formula is C18H18Cl2N2O3S. The fourth-order valence-corrected chi connectivity index (χ4v) is 3.47. The second-order valence-electron chi connectivity index (χ2n) is 5.72. The maximum atomic E-state index is 12.5. The van der Waals surface area contributed by atoms with Gasteiger partial charge in [-0.1, -0.05) is 41.4 Å². The van der Waals surface area contributed by atoms with Crippen molar-refractivity contribution < 1.29 is 13.8 Å². The van der Waals surface area contributed by atoms with Crippen LogP contribution in [-0.4, -0.2) is 40.8 Å². The largest absolute Gasteiger partial charge is 0.332 e. The Morgan fingerprint density at radius 2 is 1.73 bits per heavy atom. The van der Waals surface area contributed by atoms with Crippen molar-refractivity contribution in [3.8, 4) is 0 Å². The summed E-state index contributed by atoms with van der Waals surface area (Å²) in [6.45, 7) is -0.162. The normalized spacial score (nSPS) is 11.7. The third kappa shape index (κ3) is 5.56. The van der Waals surface area contributed by atoms with E-state index in [1.165, 1.54) is 11.9 Å². The Labute approximate surface area is 164 Å². The third-order valence-electron chi connectivity index (χ3n) is 3.50. The summed E-state index contributed by atoms with van der Waals surface area (Å²) in [5.74, 6) is -0.355. The zero-order chi connectivity index (χ0) is 19.3. The number of carbonyl (C=O) groups is 2. The number of nitrogens with one attached hydrogen (secondary N) is 1. The summed E-state index contributed by atoms with van der Waals surface area (Å²) in [6.07, 6.45) is 1.60. The molecule has 26 heavy (non-hydrogen) atoms. The molecule has 1 unspecified atom stereocenters. The molecule has 0 fully saturated rings. The Balaban J connectivity index is 2.04. The Kier molecular flexibility index (Phi) is 7.20. The van der Waals surface area contributed by atoms with Crippen molar-refractivity contribution in [1.29, 1.82) is 0 Å². The molecular weight excluding hydrogens is 395 g/mol. The molecule has 2 aromatic carbocycles. The number of likely N-dealkylation sites (N-methyl/N-ethyl adjacent to an activating group) is 1. The van der Waals surface area contributed by atoms with Gasteiger partial charge in [-0.2, -0.15) is 0 Å². The molecule has 0 aliphatic rings. The van der Waals surface area contributed by atoms with Gasteiger partial charge in [0.15, 0.2) is 0 Å². The van der Waals surface area contributed by atoms with Crippen LogP contribution < -0.4 is 5.32 Å². The van der Waals surface area contributed by atoms with Crippen molar-refractivity contribution in [2.24, 2.45) is 0 Å². The summed E-state index contributed by atoms with van der Waals surface area (Å²) in [4.78, 5) is 26.0. The smallest absolute Gasteiger partial charge is 0.254 e. The van der Waals surface area contributed by atoms with Crippen LogP contribution in [0.2, 0.25) is 10.0 Å². The minimum Gasteiger partial charge on any atom is -0.332 e. The first kappa shape index (κ1) is 20.4. The Morgan fingerprint density at radius 1 is 1.12 bits per heavy atom. The average molecular weight is 413 g/mol. The monoisotopic (exact) mass is 412 g/mol. The SMILES string of the molecule is CN(CC(=O)Nc1c(Cl)cccc1Cl)C(=O)c1cccc(CS(C)=O)c1. The molecule has 0 saturated carbocycles. The van der Waals surface area contributed by atoms with Crippen LogP contribution in [0.3, 0.4) is 0 Å². The molecule has 138 valence electrons. The molecule has 0 saturated heterocycles. The minimum absolute atomic E-state index is 0.162. The van der Waals surface area contributed by atoms with Crippen LogP contribution in [-0.2, 0) is 21.3 Å². The fourth-order valence-electron chi connectivity index (χ4n) is 2.33. The zero-order valence-electron chi connectivity index (χ0n) is 14.3. The molecule has 2 amide bonds. The van der Waals surface area contributed by atoms with Gasteiger partial charge in [0.25, 0.3) is 5.91 Å². The maximum Gasteiger partial charge on any atom is 0.254 e. The van der Waals surface area contributed by atoms with Gasteiger partial charge in [0.2, 0.25) is 5.91 Å². The molecule has 8 heteroatoms. The molecule has 0 spiro atoms. The molecule has 1 N–H and O–H groups in total. The summed E-state index contributed by atoms with van der Waals surface area (Å²) in [5, 5.41) is 3.26. The van der Waals surface area contributed by atoms with E-state index in [1.54, 1.807) is 42.7 Å². The van der Waals surface area contributed by atoms with Crippen molar-refractivity contribution in [2.75, 3.05) is 25.2 Å². The number of para-hydroxylation sites is 1. The molecule has 0 aliphatic carbocycles. The van der Waals surface area contributed by atoms with E-state index in [0.29, 0.717) is 27.0 Å². The number of benzene rings is 2. The van der Waals surface area contributed by atoms with Gasteiger partial charge in [-0.3, -0.25) is 13.8 Å². The molecule has 0 aliphatic heterocycles. The lowest BCUT2D eigenvalue weighted by Gasteiger charge is -2.18. The average Bonchev–Trinajstić information content (AvgIpc) is 2.57. The molecule has 1 atom stereocenters. The Hall–Kier alpha value is -1.89. The lowest BCUT2D eigenvalue weighted by Crippen LogP contribution is -2.35. The summed E-state index contributed by atoms with van der Waals surface area (Å²) in [5.41, 5.74) is 1.55. The lowest BCUT2D eigenvalue weighted by atomic mass is 10.1. The van der Waals surface area contributed by atoms with E-state index in [1.807, 2.05) is 6.07 Å². The van der Waals surface area contributed by atoms with Gasteiger partial charge in [0, 0.05) is 35.4 Å². The van der Waals surface area contributed by atoms with Gasteiger partial charge in [0.05, 0.1) is 22.3 Å². The van der Waals surface area contributed by atoms with Crippen LogP contribution in [0.1, 0.15) is 15.9 Å². The third-order valence-corrected chi connectivity index (χ3v) is 4.87. The first-order valence-electron chi connectivity index (χ1n) is 7.66. The van der Waals surface area contributed by atoms with Gasteiger partial charge >= 0.3 is 0 Å². The first-order valence-corrected chi connectivity index (χ1v) is 10.1. The quantitative estimate of drug-likeness (QED) is 0.787. The Bertz CT molecular complexity index is 838. The van der Waals surface area contributed by atoms with Crippen molar-refractivity contribution in [3.63, 3.8) is 0 Å². The van der Waals surface area contributed by atoms with Crippen LogP contribution in [0, 0.1) is 0 Å². The number of amides is 2. The van der Waals surface area contributed by atoms with Crippen molar-refractivity contribution >= 4 is 51.5 Å². The lowest BCUT2D eigenvalue weighted by molar-refractivity contribution is -0.116. The van der Waals surface area contributed by atoms with Crippen LogP contribution in [0.15, 0.2) is 42.5 Å². The van der Waals surface area contributed by atoms with Crippen LogP contribution in [0.25, 0.3) is 0 Å². The van der Waals surface area contributed by atoms with E-state index in [2.05, 4.69) is 5.32 Å². The first-order chi connectivity index (χ1) is 12.3. The van der Waals surface area contributed by atoms with E-state index in [9.17, 15) is 13.8 Å². The second kappa shape index (κ2) is 9.16. The summed E-state index contributed by atoms with van der Waals surface area (Å²) >= 11 is 12.0. The van der Waals surface area contributed by atoms with E-state index in [4.69, 9.17) is 23.2 Å². The molecule has 0 heterocycles. The van der Waals surface area contributed by atoms with Gasteiger partial charge in [-0.15, -0.1) is 0 Å². The highest BCUT2D eigenvalue weighted by Gasteiger charge is 2.17. The molecule has 0 aromatic heterocycles. The highest BCUT2D eigenvalue weighted by Crippen LogP contribution is 2.29. The molecule has 2 rings (SSSR count). The number of anilines is 1. The standard InChI is InChI=1S/C18H18Cl2N2O3S/c1-22(10-16(23)21-17-14(19)7-4-8-15(17)20)18(24)13-6-3-5-12(9-13)11-26(2)25/h3-9H,10-11H2,1-2H3,(H,21,23). The van der Waals surface area contributed by atoms with Gasteiger partial charge in [0.1, 0.15) is 0 Å². The number of hydrogen-bond acceptors (Lipinski definition) is 3. The van der Waals surface area contributed by atoms with Crippen molar-refractivity contribution in [1.82, 2.24) is 4.90 Å². The fraction of sp³-hybridized carbons (Fsp3) is 0.222. The van der Waals surface area contributed by atoms with Crippen LogP contribution in [0.4, 0.5) is 5.69 Å². The summed E-state index contributed by atoms with van der Waals surface area (Å²) in [7, 11) is 0.529. The van der Waals surface area contributed by atoms with Crippen LogP contribution >= 0.6 is 23.2 Å². The zero-order valence-corrected chi connectivity index (χ0v) is 16.6. The minimum atomic E-state index is -0.999. The van der Waals surface area contributed by atoms with E-state index >= 15 is 0 Å². The summed E-state index contributed by atoms with van der Waals surface area (Å²) in [6, 6.07) is 11.8. The topological polar surface area (TPSA) is 66.5 Å². The molecule has 5 nitrogen and oxygen atoms in total. The van der Waals surface area contributed by atoms with E-state index in [0.717, 1.165) is 5.56 Å². The predicted molar refractivity (Wildman–Crippen MR) is 106 cm³/mol. The number of halogens is 2. The van der Waals surface area contributed by atoms with E-state index in [-0.39, 0.29) is 12.5 Å². The van der Waals surface area contributed by atoms with Crippen molar-refractivity contribution in [2.45, 2.75) is 5.75 Å². The van der Waals surface area contributed by atoms with Gasteiger partial charge < -0.3 is 10.2 Å². The molecule has 2 aromatic rings. The second-order valence-corrected chi connectivity index (χ2v) is 7.97. The molecule has 0 radical (unpaired) electrons. The number of carbonyl (C=O) groups excluding carboxylic acids is 2. The highest BCUT2D eigenvalue weighted by atomic mass is 35.5. The highest BCUT2D eigenvalue weighted by molar-refractivity contribution is 7.83. The number of rotatable bonds is 6. The van der Waals surface area contributed by atoms with Gasteiger partial charge in [-0.05, 0) is 29.8 Å².